The number of nitrogens with zero attached hydrogens (tertiary/aromatic N) is 2. The molecule has 2 aromatic heterocycles. The summed E-state index contributed by atoms with van der Waals surface area (Å²) in [6.45, 7) is 3.92. The van der Waals surface area contributed by atoms with Crippen LogP contribution in [0, 0.1) is 0 Å². The Balaban J connectivity index is 1.72. The summed E-state index contributed by atoms with van der Waals surface area (Å²) in [5.74, 6) is 0. The molecule has 0 aliphatic carbocycles. The number of pyridine rings is 2. The fraction of sp³-hybridized carbons (Fsp3) is 0.231. The quantitative estimate of drug-likeness (QED) is 0.425. The van der Waals surface area contributed by atoms with Crippen molar-refractivity contribution in [2.24, 2.45) is 0 Å². The van der Waals surface area contributed by atoms with Gasteiger partial charge in [0.05, 0.1) is 36.7 Å². The molecule has 0 bridgehead atoms. The molecule has 2 heterocycles. The zero-order valence-electron chi connectivity index (χ0n) is 17.6. The molecular formula is C26H32N4+4. The van der Waals surface area contributed by atoms with Crippen LogP contribution < -0.4 is 20.6 Å². The third-order valence-electron chi connectivity index (χ3n) is 5.66. The van der Waals surface area contributed by atoms with Gasteiger partial charge < -0.3 is 11.5 Å². The number of hydrogen-bond acceptors (Lipinski definition) is 0. The molecule has 0 atom stereocenters. The molecule has 0 saturated carbocycles. The molecule has 4 nitrogen and oxygen atoms in total. The van der Waals surface area contributed by atoms with Gasteiger partial charge in [0.15, 0.2) is 25.5 Å². The fourth-order valence-electron chi connectivity index (χ4n) is 4.04. The molecule has 152 valence electrons. The average molecular weight is 401 g/mol. The highest BCUT2D eigenvalue weighted by Gasteiger charge is 2.12. The van der Waals surface area contributed by atoms with E-state index in [4.69, 9.17) is 0 Å². The van der Waals surface area contributed by atoms with Gasteiger partial charge >= 0.3 is 0 Å². The smallest absolute Gasteiger partial charge is 0.213 e. The Morgan fingerprint density at radius 1 is 0.600 bits per heavy atom. The second-order valence-corrected chi connectivity index (χ2v) is 7.71. The molecule has 2 aromatic carbocycles. The molecule has 0 amide bonds. The molecule has 0 spiro atoms. The Hall–Kier alpha value is -3.08. The standard InChI is InChI=1S/C26H30N4/c27-15-5-17-29-19-13-21(23-7-1-3-9-25(23)29)11-12-22-14-20-30(18-6-16-28)26-10-4-2-8-24(22)26/h1-4,7-14,19-20H,5-6,15-18,27-28H2/q+2/p+2/b12-11-. The Bertz CT molecular complexity index is 1090. The Labute approximate surface area is 178 Å². The molecule has 0 saturated heterocycles. The van der Waals surface area contributed by atoms with E-state index in [1.54, 1.807) is 0 Å². The van der Waals surface area contributed by atoms with Gasteiger partial charge in [-0.3, -0.25) is 0 Å². The van der Waals surface area contributed by atoms with Crippen molar-refractivity contribution in [3.05, 3.63) is 84.2 Å². The van der Waals surface area contributed by atoms with E-state index in [2.05, 4.69) is 106 Å². The zero-order chi connectivity index (χ0) is 20.8. The van der Waals surface area contributed by atoms with Crippen LogP contribution in [-0.4, -0.2) is 13.1 Å². The first-order chi connectivity index (χ1) is 14.8. The maximum Gasteiger partial charge on any atom is 0.213 e. The summed E-state index contributed by atoms with van der Waals surface area (Å²) in [6.07, 6.45) is 11.1. The number of aryl methyl sites for hydroxylation is 2. The van der Waals surface area contributed by atoms with Gasteiger partial charge in [-0.25, -0.2) is 0 Å². The highest BCUT2D eigenvalue weighted by atomic mass is 14.9. The van der Waals surface area contributed by atoms with E-state index in [0.29, 0.717) is 0 Å². The van der Waals surface area contributed by atoms with E-state index in [1.165, 1.54) is 32.9 Å². The Morgan fingerprint density at radius 2 is 1.03 bits per heavy atom. The van der Waals surface area contributed by atoms with Crippen molar-refractivity contribution in [3.63, 3.8) is 0 Å². The van der Waals surface area contributed by atoms with Crippen LogP contribution >= 0.6 is 0 Å². The molecule has 4 rings (SSSR count). The van der Waals surface area contributed by atoms with E-state index in [0.717, 1.165) is 39.0 Å². The second kappa shape index (κ2) is 9.61. The summed E-state index contributed by atoms with van der Waals surface area (Å²) in [4.78, 5) is 0. The highest BCUT2D eigenvalue weighted by Crippen LogP contribution is 2.21. The third-order valence-corrected chi connectivity index (χ3v) is 5.66. The van der Waals surface area contributed by atoms with Gasteiger partial charge in [0.25, 0.3) is 0 Å². The summed E-state index contributed by atoms with van der Waals surface area (Å²) in [6, 6.07) is 21.8. The van der Waals surface area contributed by atoms with E-state index in [-0.39, 0.29) is 0 Å². The maximum atomic E-state index is 3.98. The van der Waals surface area contributed by atoms with Crippen LogP contribution in [0.25, 0.3) is 34.0 Å². The number of para-hydroxylation sites is 2. The summed E-state index contributed by atoms with van der Waals surface area (Å²) < 4.78 is 4.67. The van der Waals surface area contributed by atoms with Crippen molar-refractivity contribution in [1.82, 2.24) is 0 Å². The minimum atomic E-state index is 0.957. The van der Waals surface area contributed by atoms with E-state index < -0.39 is 0 Å². The summed E-state index contributed by atoms with van der Waals surface area (Å²) in [5, 5.41) is 2.57. The predicted octanol–water partition coefficient (Wildman–Crippen LogP) is 2.00. The van der Waals surface area contributed by atoms with Gasteiger partial charge in [0, 0.05) is 24.3 Å². The molecule has 0 aliphatic heterocycles. The fourth-order valence-corrected chi connectivity index (χ4v) is 4.04. The summed E-state index contributed by atoms with van der Waals surface area (Å²) >= 11 is 0. The molecule has 6 N–H and O–H groups in total. The Morgan fingerprint density at radius 3 is 1.47 bits per heavy atom. The van der Waals surface area contributed by atoms with Gasteiger partial charge in [-0.15, -0.1) is 0 Å². The number of rotatable bonds is 8. The molecule has 0 fully saturated rings. The van der Waals surface area contributed by atoms with E-state index >= 15 is 0 Å². The third kappa shape index (κ3) is 4.25. The minimum absolute atomic E-state index is 0.957. The van der Waals surface area contributed by atoms with Crippen LogP contribution in [0.5, 0.6) is 0 Å². The SMILES string of the molecule is [NH3+]CCC[n+]1ccc(/C=C\c2cc[n+](CCC[NH3+])c3ccccc23)c2ccccc21. The highest BCUT2D eigenvalue weighted by molar-refractivity contribution is 5.93. The summed E-state index contributed by atoms with van der Waals surface area (Å²) in [5.41, 5.74) is 13.0. The predicted molar refractivity (Wildman–Crippen MR) is 122 cm³/mol. The monoisotopic (exact) mass is 400 g/mol. The molecule has 4 heteroatoms. The van der Waals surface area contributed by atoms with Crippen molar-refractivity contribution >= 4 is 34.0 Å². The molecular weight excluding hydrogens is 368 g/mol. The van der Waals surface area contributed by atoms with Crippen molar-refractivity contribution in [3.8, 4) is 0 Å². The normalized spacial score (nSPS) is 11.7. The second-order valence-electron chi connectivity index (χ2n) is 7.71. The first kappa shape index (κ1) is 20.2. The molecule has 4 aromatic rings. The van der Waals surface area contributed by atoms with Crippen LogP contribution in [0.4, 0.5) is 0 Å². The van der Waals surface area contributed by atoms with Gasteiger partial charge in [-0.2, -0.15) is 9.13 Å². The van der Waals surface area contributed by atoms with Gasteiger partial charge in [0.1, 0.15) is 0 Å². The zero-order valence-corrected chi connectivity index (χ0v) is 17.6. The van der Waals surface area contributed by atoms with Gasteiger partial charge in [-0.1, -0.05) is 36.4 Å². The van der Waals surface area contributed by atoms with Gasteiger partial charge in [0.2, 0.25) is 11.0 Å². The lowest BCUT2D eigenvalue weighted by Crippen LogP contribution is -2.52. The first-order valence-corrected chi connectivity index (χ1v) is 10.9. The largest absolute Gasteiger partial charge is 0.357 e. The maximum absolute atomic E-state index is 3.98. The van der Waals surface area contributed by atoms with Crippen molar-refractivity contribution < 1.29 is 20.6 Å². The van der Waals surface area contributed by atoms with Crippen molar-refractivity contribution in [2.45, 2.75) is 25.9 Å². The number of hydrogen-bond donors (Lipinski definition) is 2. The summed E-state index contributed by atoms with van der Waals surface area (Å²) in [7, 11) is 0. The lowest BCUT2D eigenvalue weighted by atomic mass is 10.0. The molecule has 30 heavy (non-hydrogen) atoms. The van der Waals surface area contributed by atoms with Crippen LogP contribution in [0.2, 0.25) is 0 Å². The first-order valence-electron chi connectivity index (χ1n) is 10.9. The van der Waals surface area contributed by atoms with Crippen LogP contribution in [0.3, 0.4) is 0 Å². The average Bonchev–Trinajstić information content (AvgIpc) is 2.80. The minimum Gasteiger partial charge on any atom is -0.357 e. The lowest BCUT2D eigenvalue weighted by molar-refractivity contribution is -0.674. The lowest BCUT2D eigenvalue weighted by Gasteiger charge is -2.05. The number of benzene rings is 2. The Kier molecular flexibility index (Phi) is 6.47. The number of aromatic nitrogens is 2. The van der Waals surface area contributed by atoms with Crippen molar-refractivity contribution in [1.29, 1.82) is 0 Å². The molecule has 0 radical (unpaired) electrons. The number of fused-ring (bicyclic) bond motifs is 2. The van der Waals surface area contributed by atoms with Crippen molar-refractivity contribution in [2.75, 3.05) is 13.1 Å². The topological polar surface area (TPSA) is 63.0 Å². The molecule has 0 aliphatic rings. The van der Waals surface area contributed by atoms with E-state index in [1.807, 2.05) is 0 Å². The van der Waals surface area contributed by atoms with Crippen LogP contribution in [0.1, 0.15) is 24.0 Å². The number of quaternary nitrogens is 2. The van der Waals surface area contributed by atoms with Crippen LogP contribution in [0.15, 0.2) is 73.1 Å². The van der Waals surface area contributed by atoms with E-state index in [9.17, 15) is 0 Å². The molecule has 0 unspecified atom stereocenters. The van der Waals surface area contributed by atoms with Gasteiger partial charge in [-0.05, 0) is 23.3 Å². The van der Waals surface area contributed by atoms with Crippen LogP contribution in [-0.2, 0) is 13.1 Å².